The molecule has 0 bridgehead atoms. The zero-order valence-corrected chi connectivity index (χ0v) is 17.4. The lowest BCUT2D eigenvalue weighted by atomic mass is 10.1. The molecule has 1 saturated heterocycles. The van der Waals surface area contributed by atoms with Crippen molar-refractivity contribution in [2.75, 3.05) is 18.4 Å². The van der Waals surface area contributed by atoms with E-state index in [0.29, 0.717) is 19.5 Å². The summed E-state index contributed by atoms with van der Waals surface area (Å²) in [5.41, 5.74) is 1.05. The van der Waals surface area contributed by atoms with Crippen LogP contribution >= 0.6 is 0 Å². The van der Waals surface area contributed by atoms with E-state index in [0.717, 1.165) is 24.8 Å². The molecular formula is C21H21FN4O4S. The van der Waals surface area contributed by atoms with Crippen LogP contribution in [0.1, 0.15) is 41.1 Å². The van der Waals surface area contributed by atoms with E-state index in [1.807, 2.05) is 0 Å². The first-order chi connectivity index (χ1) is 14.9. The normalized spacial score (nSPS) is 15.0. The second kappa shape index (κ2) is 8.94. The SMILES string of the molecule is O=C(Nc1nnc(Cc2ccc(F)cc2)o1)c1ccc(S(=O)(=O)N2CCCCC2)cc1. The standard InChI is InChI=1S/C21H21FN4O4S/c22-17-8-4-15(5-9-17)14-19-24-25-21(30-19)23-20(27)16-6-10-18(11-7-16)31(28,29)26-12-2-1-3-13-26/h4-11H,1-3,12-14H2,(H,23,25,27). The molecule has 0 unspecified atom stereocenters. The third-order valence-electron chi connectivity index (χ3n) is 5.03. The van der Waals surface area contributed by atoms with Crippen molar-refractivity contribution in [2.45, 2.75) is 30.6 Å². The molecule has 0 radical (unpaired) electrons. The third kappa shape index (κ3) is 4.97. The summed E-state index contributed by atoms with van der Waals surface area (Å²) in [5.74, 6) is -0.569. The number of sulfonamides is 1. The molecule has 4 rings (SSSR count). The fraction of sp³-hybridized carbons (Fsp3) is 0.286. The first-order valence-electron chi connectivity index (χ1n) is 9.90. The maximum Gasteiger partial charge on any atom is 0.322 e. The second-order valence-corrected chi connectivity index (χ2v) is 9.19. The van der Waals surface area contributed by atoms with Crippen molar-refractivity contribution in [3.05, 3.63) is 71.4 Å². The Hall–Kier alpha value is -3.11. The van der Waals surface area contributed by atoms with Crippen LogP contribution in [0.5, 0.6) is 0 Å². The van der Waals surface area contributed by atoms with Crippen molar-refractivity contribution in [2.24, 2.45) is 0 Å². The number of aromatic nitrogens is 2. The smallest absolute Gasteiger partial charge is 0.322 e. The topological polar surface area (TPSA) is 105 Å². The van der Waals surface area contributed by atoms with Gasteiger partial charge in [0.15, 0.2) is 0 Å². The summed E-state index contributed by atoms with van der Waals surface area (Å²) in [4.78, 5) is 12.6. The van der Waals surface area contributed by atoms with E-state index in [9.17, 15) is 17.6 Å². The molecule has 10 heteroatoms. The van der Waals surface area contributed by atoms with Crippen molar-refractivity contribution >= 4 is 21.9 Å². The summed E-state index contributed by atoms with van der Waals surface area (Å²) in [5, 5.41) is 10.2. The molecule has 1 amide bonds. The van der Waals surface area contributed by atoms with Gasteiger partial charge in [-0.05, 0) is 54.8 Å². The number of anilines is 1. The van der Waals surface area contributed by atoms with E-state index in [1.54, 1.807) is 12.1 Å². The molecule has 8 nitrogen and oxygen atoms in total. The zero-order chi connectivity index (χ0) is 21.8. The molecule has 0 atom stereocenters. The van der Waals surface area contributed by atoms with Crippen LogP contribution in [0, 0.1) is 5.82 Å². The molecule has 1 aromatic heterocycles. The lowest BCUT2D eigenvalue weighted by Gasteiger charge is -2.25. The van der Waals surface area contributed by atoms with Crippen LogP contribution in [0.2, 0.25) is 0 Å². The Morgan fingerprint density at radius 2 is 1.68 bits per heavy atom. The monoisotopic (exact) mass is 444 g/mol. The molecule has 3 aromatic rings. The van der Waals surface area contributed by atoms with Crippen molar-refractivity contribution in [1.82, 2.24) is 14.5 Å². The third-order valence-corrected chi connectivity index (χ3v) is 6.94. The van der Waals surface area contributed by atoms with Crippen LogP contribution in [0.4, 0.5) is 10.4 Å². The highest BCUT2D eigenvalue weighted by Crippen LogP contribution is 2.21. The Kier molecular flexibility index (Phi) is 6.10. The maximum atomic E-state index is 13.0. The quantitative estimate of drug-likeness (QED) is 0.626. The first-order valence-corrected chi connectivity index (χ1v) is 11.3. The number of carbonyl (C=O) groups is 1. The van der Waals surface area contributed by atoms with E-state index >= 15 is 0 Å². The first kappa shape index (κ1) is 21.1. The molecule has 0 saturated carbocycles. The number of nitrogens with zero attached hydrogens (tertiary/aromatic N) is 3. The van der Waals surface area contributed by atoms with Gasteiger partial charge in [0.25, 0.3) is 5.91 Å². The van der Waals surface area contributed by atoms with Crippen LogP contribution in [-0.4, -0.2) is 41.9 Å². The van der Waals surface area contributed by atoms with Gasteiger partial charge in [0.2, 0.25) is 15.9 Å². The van der Waals surface area contributed by atoms with Crippen LogP contribution in [-0.2, 0) is 16.4 Å². The Balaban J connectivity index is 1.40. The Labute approximate surface area is 179 Å². The van der Waals surface area contributed by atoms with Gasteiger partial charge in [-0.1, -0.05) is 23.7 Å². The molecule has 162 valence electrons. The number of halogens is 1. The number of amides is 1. The predicted molar refractivity (Wildman–Crippen MR) is 111 cm³/mol. The summed E-state index contributed by atoms with van der Waals surface area (Å²) in [7, 11) is -3.56. The fourth-order valence-corrected chi connectivity index (χ4v) is 4.87. The summed E-state index contributed by atoms with van der Waals surface area (Å²) >= 11 is 0. The molecule has 1 aliphatic heterocycles. The average molecular weight is 444 g/mol. The molecule has 31 heavy (non-hydrogen) atoms. The number of piperidine rings is 1. The molecule has 2 aromatic carbocycles. The van der Waals surface area contributed by atoms with E-state index in [2.05, 4.69) is 15.5 Å². The maximum absolute atomic E-state index is 13.0. The number of hydrogen-bond donors (Lipinski definition) is 1. The molecule has 0 spiro atoms. The summed E-state index contributed by atoms with van der Waals surface area (Å²) in [6.45, 7) is 1.03. The molecule has 1 aliphatic rings. The number of benzene rings is 2. The van der Waals surface area contributed by atoms with Gasteiger partial charge in [-0.25, -0.2) is 12.8 Å². The lowest BCUT2D eigenvalue weighted by molar-refractivity contribution is 0.102. The van der Waals surface area contributed by atoms with Gasteiger partial charge in [-0.2, -0.15) is 4.31 Å². The van der Waals surface area contributed by atoms with E-state index in [-0.39, 0.29) is 28.2 Å². The minimum absolute atomic E-state index is 0.0767. The molecular weight excluding hydrogens is 423 g/mol. The summed E-state index contributed by atoms with van der Waals surface area (Å²) in [6, 6.07) is 11.6. The van der Waals surface area contributed by atoms with Gasteiger partial charge in [0, 0.05) is 18.7 Å². The fourth-order valence-electron chi connectivity index (χ4n) is 3.35. The highest BCUT2D eigenvalue weighted by Gasteiger charge is 2.26. The predicted octanol–water partition coefficient (Wildman–Crippen LogP) is 3.23. The van der Waals surface area contributed by atoms with Crippen molar-refractivity contribution in [3.8, 4) is 0 Å². The number of hydrogen-bond acceptors (Lipinski definition) is 6. The van der Waals surface area contributed by atoms with E-state index in [1.165, 1.54) is 40.7 Å². The Bertz CT molecular complexity index is 1150. The van der Waals surface area contributed by atoms with Crippen LogP contribution in [0.3, 0.4) is 0 Å². The molecule has 1 fully saturated rings. The minimum atomic E-state index is -3.56. The van der Waals surface area contributed by atoms with Crippen molar-refractivity contribution in [3.63, 3.8) is 0 Å². The Morgan fingerprint density at radius 1 is 1.00 bits per heavy atom. The lowest BCUT2D eigenvalue weighted by Crippen LogP contribution is -2.35. The van der Waals surface area contributed by atoms with Gasteiger partial charge < -0.3 is 4.42 Å². The average Bonchev–Trinajstić information content (AvgIpc) is 3.22. The zero-order valence-electron chi connectivity index (χ0n) is 16.6. The van der Waals surface area contributed by atoms with Crippen LogP contribution in [0.25, 0.3) is 0 Å². The minimum Gasteiger partial charge on any atom is -0.407 e. The van der Waals surface area contributed by atoms with E-state index < -0.39 is 15.9 Å². The van der Waals surface area contributed by atoms with Crippen LogP contribution in [0.15, 0.2) is 57.8 Å². The summed E-state index contributed by atoms with van der Waals surface area (Å²) < 4.78 is 45.3. The Morgan fingerprint density at radius 3 is 2.35 bits per heavy atom. The highest BCUT2D eigenvalue weighted by atomic mass is 32.2. The van der Waals surface area contributed by atoms with Crippen molar-refractivity contribution in [1.29, 1.82) is 0 Å². The van der Waals surface area contributed by atoms with E-state index in [4.69, 9.17) is 4.42 Å². The molecule has 0 aliphatic carbocycles. The van der Waals surface area contributed by atoms with Gasteiger partial charge in [-0.3, -0.25) is 10.1 Å². The van der Waals surface area contributed by atoms with Gasteiger partial charge in [-0.15, -0.1) is 5.10 Å². The van der Waals surface area contributed by atoms with Gasteiger partial charge in [0.1, 0.15) is 5.82 Å². The number of carbonyl (C=O) groups excluding carboxylic acids is 1. The summed E-state index contributed by atoms with van der Waals surface area (Å²) in [6.07, 6.45) is 3.04. The number of rotatable bonds is 6. The second-order valence-electron chi connectivity index (χ2n) is 7.25. The number of nitrogens with one attached hydrogen (secondary N) is 1. The van der Waals surface area contributed by atoms with Crippen LogP contribution < -0.4 is 5.32 Å². The van der Waals surface area contributed by atoms with Gasteiger partial charge >= 0.3 is 6.01 Å². The van der Waals surface area contributed by atoms with Crippen molar-refractivity contribution < 1.29 is 22.0 Å². The largest absolute Gasteiger partial charge is 0.407 e. The van der Waals surface area contributed by atoms with Gasteiger partial charge in [0.05, 0.1) is 11.3 Å². The molecule has 2 heterocycles. The highest BCUT2D eigenvalue weighted by molar-refractivity contribution is 7.89. The molecule has 1 N–H and O–H groups in total.